The highest BCUT2D eigenvalue weighted by Gasteiger charge is 2.17. The Morgan fingerprint density at radius 3 is 3.05 bits per heavy atom. The normalized spacial score (nSPS) is 18.2. The third-order valence-corrected chi connectivity index (χ3v) is 2.90. The number of morpholine rings is 1. The molecule has 1 amide bonds. The first-order valence-electron chi connectivity index (χ1n) is 6.44. The van der Waals surface area contributed by atoms with Gasteiger partial charge in [0.1, 0.15) is 5.82 Å². The predicted octanol–water partition coefficient (Wildman–Crippen LogP) is -0.376. The van der Waals surface area contributed by atoms with Crippen LogP contribution >= 0.6 is 0 Å². The molecule has 2 rings (SSSR count). The number of carbonyl (C=O) groups excluding carboxylic acids is 1. The van der Waals surface area contributed by atoms with E-state index in [0.29, 0.717) is 17.9 Å². The van der Waals surface area contributed by atoms with Crippen LogP contribution in [-0.4, -0.2) is 66.8 Å². The molecule has 1 aromatic heterocycles. The maximum atomic E-state index is 11.0. The Morgan fingerprint density at radius 1 is 1.71 bits per heavy atom. The van der Waals surface area contributed by atoms with Crippen LogP contribution in [0.5, 0.6) is 0 Å². The Labute approximate surface area is 122 Å². The molecule has 0 radical (unpaired) electrons. The predicted molar refractivity (Wildman–Crippen MR) is 77.2 cm³/mol. The summed E-state index contributed by atoms with van der Waals surface area (Å²) in [5.41, 5.74) is 5.67. The highest BCUT2D eigenvalue weighted by molar-refractivity contribution is 5.93. The number of primary amides is 1. The van der Waals surface area contributed by atoms with E-state index < -0.39 is 5.91 Å². The molecule has 4 N–H and O–H groups in total. The zero-order valence-corrected chi connectivity index (χ0v) is 11.9. The molecule has 1 fully saturated rings. The van der Waals surface area contributed by atoms with Gasteiger partial charge in [0.15, 0.2) is 0 Å². The number of anilines is 1. The van der Waals surface area contributed by atoms with E-state index in [2.05, 4.69) is 22.2 Å². The van der Waals surface area contributed by atoms with Gasteiger partial charge in [0.25, 0.3) is 6.47 Å². The SMILES string of the molecule is CN1CCOC(CNc2cc(C(N)=O)ccn2)C1.O=CO. The second-order valence-corrected chi connectivity index (χ2v) is 4.54. The number of pyridine rings is 1. The summed E-state index contributed by atoms with van der Waals surface area (Å²) < 4.78 is 5.62. The van der Waals surface area contributed by atoms with Crippen molar-refractivity contribution in [3.63, 3.8) is 0 Å². The summed E-state index contributed by atoms with van der Waals surface area (Å²) in [7, 11) is 2.07. The van der Waals surface area contributed by atoms with Gasteiger partial charge < -0.3 is 25.8 Å². The van der Waals surface area contributed by atoms with Gasteiger partial charge in [-0.3, -0.25) is 9.59 Å². The standard InChI is InChI=1S/C12H18N4O2.CH2O2/c1-16-4-5-18-10(8-16)7-15-11-6-9(12(13)17)2-3-14-11;2-1-3/h2-3,6,10H,4-5,7-8H2,1H3,(H2,13,17)(H,14,15);1H,(H,2,3). The summed E-state index contributed by atoms with van der Waals surface area (Å²) in [6.07, 6.45) is 1.71. The number of nitrogens with two attached hydrogens (primary N) is 1. The van der Waals surface area contributed by atoms with Gasteiger partial charge in [0.05, 0.1) is 12.7 Å². The van der Waals surface area contributed by atoms with Crippen LogP contribution in [0.3, 0.4) is 0 Å². The lowest BCUT2D eigenvalue weighted by Gasteiger charge is -2.30. The molecule has 1 aromatic rings. The molecule has 0 saturated carbocycles. The van der Waals surface area contributed by atoms with Crippen molar-refractivity contribution in [3.05, 3.63) is 23.9 Å². The van der Waals surface area contributed by atoms with Gasteiger partial charge in [-0.05, 0) is 19.2 Å². The number of amides is 1. The van der Waals surface area contributed by atoms with Crippen LogP contribution in [0.2, 0.25) is 0 Å². The third-order valence-electron chi connectivity index (χ3n) is 2.90. The summed E-state index contributed by atoms with van der Waals surface area (Å²) in [5.74, 6) is 0.192. The molecule has 8 heteroatoms. The number of carbonyl (C=O) groups is 2. The van der Waals surface area contributed by atoms with E-state index in [1.807, 2.05) is 0 Å². The molecular formula is C13H20N4O4. The fourth-order valence-electron chi connectivity index (χ4n) is 1.89. The van der Waals surface area contributed by atoms with Crippen molar-refractivity contribution in [1.29, 1.82) is 0 Å². The molecule has 1 saturated heterocycles. The molecule has 2 heterocycles. The Hall–Kier alpha value is -2.19. The third kappa shape index (κ3) is 6.19. The van der Waals surface area contributed by atoms with Gasteiger partial charge >= 0.3 is 0 Å². The molecule has 0 aliphatic carbocycles. The molecule has 0 spiro atoms. The Balaban J connectivity index is 0.000000677. The average molecular weight is 296 g/mol. The fraction of sp³-hybridized carbons (Fsp3) is 0.462. The van der Waals surface area contributed by atoms with E-state index in [9.17, 15) is 4.79 Å². The van der Waals surface area contributed by atoms with Crippen molar-refractivity contribution < 1.29 is 19.4 Å². The number of carboxylic acid groups (broad SMARTS) is 1. The van der Waals surface area contributed by atoms with E-state index in [4.69, 9.17) is 20.4 Å². The number of aromatic nitrogens is 1. The molecule has 1 unspecified atom stereocenters. The van der Waals surface area contributed by atoms with Gasteiger partial charge in [0, 0.05) is 31.4 Å². The van der Waals surface area contributed by atoms with Crippen LogP contribution in [0, 0.1) is 0 Å². The van der Waals surface area contributed by atoms with Gasteiger partial charge in [-0.25, -0.2) is 4.98 Å². The highest BCUT2D eigenvalue weighted by Crippen LogP contribution is 2.08. The van der Waals surface area contributed by atoms with Crippen LogP contribution in [0.15, 0.2) is 18.3 Å². The second kappa shape index (κ2) is 8.88. The molecule has 8 nitrogen and oxygen atoms in total. The zero-order chi connectivity index (χ0) is 15.7. The van der Waals surface area contributed by atoms with Crippen molar-refractivity contribution in [2.45, 2.75) is 6.10 Å². The first-order valence-corrected chi connectivity index (χ1v) is 6.44. The number of hydrogen-bond donors (Lipinski definition) is 3. The molecule has 1 atom stereocenters. The summed E-state index contributed by atoms with van der Waals surface area (Å²) >= 11 is 0. The maximum absolute atomic E-state index is 11.0. The minimum absolute atomic E-state index is 0.141. The Morgan fingerprint density at radius 2 is 2.43 bits per heavy atom. The second-order valence-electron chi connectivity index (χ2n) is 4.54. The minimum Gasteiger partial charge on any atom is -0.483 e. The van der Waals surface area contributed by atoms with E-state index in [1.54, 1.807) is 18.3 Å². The van der Waals surface area contributed by atoms with Gasteiger partial charge in [0.2, 0.25) is 5.91 Å². The van der Waals surface area contributed by atoms with E-state index >= 15 is 0 Å². The molecule has 1 aliphatic rings. The number of ether oxygens (including phenoxy) is 1. The molecule has 116 valence electrons. The van der Waals surface area contributed by atoms with Crippen molar-refractivity contribution in [2.24, 2.45) is 5.73 Å². The first kappa shape index (κ1) is 16.9. The quantitative estimate of drug-likeness (QED) is 0.648. The van der Waals surface area contributed by atoms with E-state index in [-0.39, 0.29) is 12.6 Å². The molecule has 0 bridgehead atoms. The molecular weight excluding hydrogens is 276 g/mol. The Kier molecular flexibility index (Phi) is 7.13. The number of likely N-dealkylation sites (N-methyl/N-ethyl adjacent to an activating group) is 1. The number of nitrogens with zero attached hydrogens (tertiary/aromatic N) is 2. The Bertz CT molecular complexity index is 469. The first-order chi connectivity index (χ1) is 10.1. The van der Waals surface area contributed by atoms with E-state index in [0.717, 1.165) is 19.7 Å². The number of rotatable bonds is 4. The van der Waals surface area contributed by atoms with E-state index in [1.165, 1.54) is 0 Å². The van der Waals surface area contributed by atoms with Crippen molar-refractivity contribution >= 4 is 18.2 Å². The van der Waals surface area contributed by atoms with Crippen molar-refractivity contribution in [1.82, 2.24) is 9.88 Å². The van der Waals surface area contributed by atoms with Crippen LogP contribution in [0.25, 0.3) is 0 Å². The topological polar surface area (TPSA) is 118 Å². The number of nitrogens with one attached hydrogen (secondary N) is 1. The molecule has 21 heavy (non-hydrogen) atoms. The average Bonchev–Trinajstić information content (AvgIpc) is 2.46. The lowest BCUT2D eigenvalue weighted by molar-refractivity contribution is -0.122. The van der Waals surface area contributed by atoms with Crippen LogP contribution < -0.4 is 11.1 Å². The van der Waals surface area contributed by atoms with Gasteiger partial charge in [-0.15, -0.1) is 0 Å². The lowest BCUT2D eigenvalue weighted by atomic mass is 10.2. The summed E-state index contributed by atoms with van der Waals surface area (Å²) in [6, 6.07) is 3.24. The van der Waals surface area contributed by atoms with Crippen LogP contribution in [-0.2, 0) is 9.53 Å². The van der Waals surface area contributed by atoms with Crippen molar-refractivity contribution in [2.75, 3.05) is 38.6 Å². The zero-order valence-electron chi connectivity index (χ0n) is 11.9. The summed E-state index contributed by atoms with van der Waals surface area (Å²) in [6.45, 7) is 3.02. The maximum Gasteiger partial charge on any atom is 0.290 e. The minimum atomic E-state index is -0.450. The molecule has 0 aromatic carbocycles. The smallest absolute Gasteiger partial charge is 0.290 e. The highest BCUT2D eigenvalue weighted by atomic mass is 16.5. The number of hydrogen-bond acceptors (Lipinski definition) is 6. The lowest BCUT2D eigenvalue weighted by Crippen LogP contribution is -2.43. The van der Waals surface area contributed by atoms with Gasteiger partial charge in [-0.2, -0.15) is 0 Å². The molecule has 1 aliphatic heterocycles. The summed E-state index contributed by atoms with van der Waals surface area (Å²) in [5, 5.41) is 10.0. The van der Waals surface area contributed by atoms with Crippen LogP contribution in [0.1, 0.15) is 10.4 Å². The summed E-state index contributed by atoms with van der Waals surface area (Å²) in [4.78, 5) is 25.8. The largest absolute Gasteiger partial charge is 0.483 e. The fourth-order valence-corrected chi connectivity index (χ4v) is 1.89. The van der Waals surface area contributed by atoms with Crippen molar-refractivity contribution in [3.8, 4) is 0 Å². The monoisotopic (exact) mass is 296 g/mol. The van der Waals surface area contributed by atoms with Crippen LogP contribution in [0.4, 0.5) is 5.82 Å². The van der Waals surface area contributed by atoms with Gasteiger partial charge in [-0.1, -0.05) is 0 Å².